The van der Waals surface area contributed by atoms with Crippen LogP contribution in [0.25, 0.3) is 0 Å². The number of rotatable bonds is 4. The highest BCUT2D eigenvalue weighted by Gasteiger charge is 2.39. The highest BCUT2D eigenvalue weighted by atomic mass is 19.4. The van der Waals surface area contributed by atoms with Crippen molar-refractivity contribution in [1.29, 1.82) is 0 Å². The molecule has 0 spiro atoms. The van der Waals surface area contributed by atoms with Gasteiger partial charge in [-0.2, -0.15) is 13.2 Å². The number of carbonyl (C=O) groups is 3. The summed E-state index contributed by atoms with van der Waals surface area (Å²) in [4.78, 5) is 37.8. The molecule has 0 aromatic heterocycles. The molecule has 31 heavy (non-hydrogen) atoms. The Hall–Kier alpha value is -3.43. The summed E-state index contributed by atoms with van der Waals surface area (Å²) in [5.74, 6) is -3.38. The second kappa shape index (κ2) is 8.37. The van der Waals surface area contributed by atoms with Crippen LogP contribution in [0.1, 0.15) is 40.4 Å². The Morgan fingerprint density at radius 2 is 1.77 bits per heavy atom. The van der Waals surface area contributed by atoms with Crippen LogP contribution in [0, 0.1) is 11.7 Å². The minimum Gasteiger partial charge on any atom is -0.366 e. The number of amides is 3. The molecule has 3 N–H and O–H groups in total. The number of hydrogen-bond acceptors (Lipinski definition) is 3. The van der Waals surface area contributed by atoms with Crippen LogP contribution in [0.2, 0.25) is 0 Å². The van der Waals surface area contributed by atoms with E-state index in [-0.39, 0.29) is 24.4 Å². The first-order valence-electron chi connectivity index (χ1n) is 9.32. The molecule has 6 nitrogen and oxygen atoms in total. The molecule has 1 fully saturated rings. The Bertz CT molecular complexity index is 1020. The number of piperidine rings is 1. The summed E-state index contributed by atoms with van der Waals surface area (Å²) in [5, 5.41) is 2.57. The fourth-order valence-corrected chi connectivity index (χ4v) is 3.66. The zero-order valence-electron chi connectivity index (χ0n) is 16.4. The maximum atomic E-state index is 13.7. The van der Waals surface area contributed by atoms with Gasteiger partial charge in [-0.05, 0) is 42.3 Å². The lowest BCUT2D eigenvalue weighted by Crippen LogP contribution is -2.44. The standard InChI is InChI=1S/C21H19F4N3O3/c1-28-17(29)9-7-14(18(28)11-2-4-12(5-3-11)21(23,24)25)20(31)27-13-6-8-16(22)15(10-13)19(26)30/h2-6,8,10,14,18H,7,9H2,1H3,(H2,26,30)(H,27,31). The zero-order chi connectivity index (χ0) is 22.9. The Labute approximate surface area is 175 Å². The summed E-state index contributed by atoms with van der Waals surface area (Å²) >= 11 is 0. The predicted molar refractivity (Wildman–Crippen MR) is 103 cm³/mol. The molecule has 2 aromatic carbocycles. The van der Waals surface area contributed by atoms with E-state index in [0.717, 1.165) is 24.3 Å². The number of nitrogens with one attached hydrogen (secondary N) is 1. The van der Waals surface area contributed by atoms with Crippen LogP contribution in [-0.4, -0.2) is 29.7 Å². The molecule has 2 atom stereocenters. The molecule has 1 heterocycles. The van der Waals surface area contributed by atoms with Gasteiger partial charge in [0.15, 0.2) is 0 Å². The topological polar surface area (TPSA) is 92.5 Å². The third-order valence-electron chi connectivity index (χ3n) is 5.28. The summed E-state index contributed by atoms with van der Waals surface area (Å²) in [5.41, 5.74) is 4.39. The smallest absolute Gasteiger partial charge is 0.366 e. The van der Waals surface area contributed by atoms with E-state index in [0.29, 0.717) is 5.56 Å². The van der Waals surface area contributed by atoms with Crippen molar-refractivity contribution in [1.82, 2.24) is 4.90 Å². The Kier molecular flexibility index (Phi) is 6.01. The molecule has 1 aliphatic heterocycles. The number of nitrogens with two attached hydrogens (primary N) is 1. The molecule has 0 radical (unpaired) electrons. The van der Waals surface area contributed by atoms with Gasteiger partial charge < -0.3 is 16.0 Å². The molecule has 2 unspecified atom stereocenters. The van der Waals surface area contributed by atoms with Gasteiger partial charge >= 0.3 is 6.18 Å². The van der Waals surface area contributed by atoms with E-state index in [1.807, 2.05) is 0 Å². The van der Waals surface area contributed by atoms with E-state index in [2.05, 4.69) is 5.32 Å². The molecule has 1 aliphatic rings. The number of benzene rings is 2. The van der Waals surface area contributed by atoms with Gasteiger partial charge in [0, 0.05) is 19.2 Å². The van der Waals surface area contributed by atoms with Crippen molar-refractivity contribution in [3.8, 4) is 0 Å². The monoisotopic (exact) mass is 437 g/mol. The lowest BCUT2D eigenvalue weighted by atomic mass is 9.83. The first kappa shape index (κ1) is 22.3. The highest BCUT2D eigenvalue weighted by Crippen LogP contribution is 2.38. The van der Waals surface area contributed by atoms with Crippen LogP contribution in [-0.2, 0) is 15.8 Å². The van der Waals surface area contributed by atoms with E-state index >= 15 is 0 Å². The van der Waals surface area contributed by atoms with E-state index in [1.54, 1.807) is 0 Å². The van der Waals surface area contributed by atoms with Crippen molar-refractivity contribution in [3.05, 3.63) is 65.0 Å². The summed E-state index contributed by atoms with van der Waals surface area (Å²) in [7, 11) is 1.48. The molecular formula is C21H19F4N3O3. The average molecular weight is 437 g/mol. The molecule has 1 saturated heterocycles. The fraction of sp³-hybridized carbons (Fsp3) is 0.286. The van der Waals surface area contributed by atoms with E-state index in [1.165, 1.54) is 30.1 Å². The SMILES string of the molecule is CN1C(=O)CCC(C(=O)Nc2ccc(F)c(C(N)=O)c2)C1c1ccc(C(F)(F)F)cc1. The van der Waals surface area contributed by atoms with Gasteiger partial charge in [-0.15, -0.1) is 0 Å². The Morgan fingerprint density at radius 1 is 1.13 bits per heavy atom. The van der Waals surface area contributed by atoms with E-state index < -0.39 is 46.9 Å². The minimum absolute atomic E-state index is 0.0850. The van der Waals surface area contributed by atoms with Crippen molar-refractivity contribution in [3.63, 3.8) is 0 Å². The molecule has 3 rings (SSSR count). The lowest BCUT2D eigenvalue weighted by Gasteiger charge is -2.38. The van der Waals surface area contributed by atoms with Gasteiger partial charge in [0.2, 0.25) is 11.8 Å². The molecule has 0 aliphatic carbocycles. The van der Waals surface area contributed by atoms with Crippen molar-refractivity contribution in [2.45, 2.75) is 25.1 Å². The van der Waals surface area contributed by atoms with Crippen molar-refractivity contribution in [2.24, 2.45) is 11.7 Å². The normalized spacial score (nSPS) is 19.3. The summed E-state index contributed by atoms with van der Waals surface area (Å²) < 4.78 is 52.3. The third kappa shape index (κ3) is 4.68. The predicted octanol–water partition coefficient (Wildman–Crippen LogP) is 3.49. The maximum Gasteiger partial charge on any atom is 0.416 e. The molecule has 0 bridgehead atoms. The van der Waals surface area contributed by atoms with Gasteiger partial charge in [-0.3, -0.25) is 14.4 Å². The number of carbonyl (C=O) groups excluding carboxylic acids is 3. The summed E-state index contributed by atoms with van der Waals surface area (Å²) in [6.07, 6.45) is -4.25. The van der Waals surface area contributed by atoms with E-state index in [4.69, 9.17) is 5.73 Å². The van der Waals surface area contributed by atoms with Crippen LogP contribution >= 0.6 is 0 Å². The largest absolute Gasteiger partial charge is 0.416 e. The van der Waals surface area contributed by atoms with Gasteiger partial charge in [0.05, 0.1) is 23.1 Å². The lowest BCUT2D eigenvalue weighted by molar-refractivity contribution is -0.140. The summed E-state index contributed by atoms with van der Waals surface area (Å²) in [6, 6.07) is 6.83. The molecule has 10 heteroatoms. The molecular weight excluding hydrogens is 418 g/mol. The van der Waals surface area contributed by atoms with E-state index in [9.17, 15) is 31.9 Å². The number of primary amides is 1. The van der Waals surface area contributed by atoms with Gasteiger partial charge in [-0.1, -0.05) is 12.1 Å². The quantitative estimate of drug-likeness (QED) is 0.718. The number of nitrogens with zero attached hydrogens (tertiary/aromatic N) is 1. The molecule has 2 aromatic rings. The maximum absolute atomic E-state index is 13.7. The Morgan fingerprint density at radius 3 is 2.35 bits per heavy atom. The average Bonchev–Trinajstić information content (AvgIpc) is 2.70. The van der Waals surface area contributed by atoms with Crippen LogP contribution < -0.4 is 11.1 Å². The Balaban J connectivity index is 1.89. The van der Waals surface area contributed by atoms with Gasteiger partial charge in [0.1, 0.15) is 5.82 Å². The number of anilines is 1. The second-order valence-corrected chi connectivity index (χ2v) is 7.26. The molecule has 3 amide bonds. The van der Waals surface area contributed by atoms with Crippen LogP contribution in [0.5, 0.6) is 0 Å². The molecule has 164 valence electrons. The fourth-order valence-electron chi connectivity index (χ4n) is 3.66. The van der Waals surface area contributed by atoms with Crippen LogP contribution in [0.3, 0.4) is 0 Å². The number of hydrogen-bond donors (Lipinski definition) is 2. The first-order valence-corrected chi connectivity index (χ1v) is 9.32. The van der Waals surface area contributed by atoms with Crippen LogP contribution in [0.15, 0.2) is 42.5 Å². The van der Waals surface area contributed by atoms with Crippen molar-refractivity contribution in [2.75, 3.05) is 12.4 Å². The summed E-state index contributed by atoms with van der Waals surface area (Å²) in [6.45, 7) is 0. The number of halogens is 4. The zero-order valence-corrected chi connectivity index (χ0v) is 16.4. The third-order valence-corrected chi connectivity index (χ3v) is 5.28. The van der Waals surface area contributed by atoms with Gasteiger partial charge in [0.25, 0.3) is 5.91 Å². The molecule has 0 saturated carbocycles. The van der Waals surface area contributed by atoms with Gasteiger partial charge in [-0.25, -0.2) is 4.39 Å². The minimum atomic E-state index is -4.51. The first-order chi connectivity index (χ1) is 14.5. The number of alkyl halides is 3. The highest BCUT2D eigenvalue weighted by molar-refractivity contribution is 5.98. The second-order valence-electron chi connectivity index (χ2n) is 7.26. The van der Waals surface area contributed by atoms with Crippen molar-refractivity contribution >= 4 is 23.4 Å². The van der Waals surface area contributed by atoms with Crippen LogP contribution in [0.4, 0.5) is 23.2 Å². The van der Waals surface area contributed by atoms with Crippen molar-refractivity contribution < 1.29 is 31.9 Å². The number of likely N-dealkylation sites (tertiary alicyclic amines) is 1.